The summed E-state index contributed by atoms with van der Waals surface area (Å²) in [6.45, 7) is 5.74. The molecule has 0 amide bonds. The molecule has 2 atom stereocenters. The number of rotatable bonds is 9. The van der Waals surface area contributed by atoms with E-state index in [0.29, 0.717) is 44.2 Å². The van der Waals surface area contributed by atoms with E-state index in [9.17, 15) is 18.0 Å². The van der Waals surface area contributed by atoms with Gasteiger partial charge in [0.25, 0.3) is 0 Å². The van der Waals surface area contributed by atoms with Gasteiger partial charge in [-0.15, -0.1) is 11.8 Å². The molecule has 0 unspecified atom stereocenters. The lowest BCUT2D eigenvalue weighted by Gasteiger charge is -2.39. The van der Waals surface area contributed by atoms with Crippen molar-refractivity contribution in [2.45, 2.75) is 56.3 Å². The zero-order valence-corrected chi connectivity index (χ0v) is 27.8. The third-order valence-electron chi connectivity index (χ3n) is 9.03. The Bertz CT molecular complexity index is 1760. The summed E-state index contributed by atoms with van der Waals surface area (Å²) in [5.41, 5.74) is 8.30. The first-order valence-electron chi connectivity index (χ1n) is 15.8. The lowest BCUT2D eigenvalue weighted by atomic mass is 9.76. The van der Waals surface area contributed by atoms with Crippen molar-refractivity contribution < 1.29 is 27.4 Å². The first-order valence-corrected chi connectivity index (χ1v) is 17.0. The fraction of sp³-hybridized carbons (Fsp3) is 0.412. The molecule has 2 aromatic heterocycles. The maximum absolute atomic E-state index is 14.9. The van der Waals surface area contributed by atoms with Crippen molar-refractivity contribution >= 4 is 29.5 Å². The SMILES string of the molecule is CCOC(=O)[C@@H]1CC2(CCN(c3cc(O[C@H](c4ccc(-c5ccc(SC)cc5)cc4-n4ccc(C)n4)C(F)(F)F)nc(N)n3)CC2)CN1. The molecule has 4 heterocycles. The van der Waals surface area contributed by atoms with Crippen molar-refractivity contribution in [3.05, 3.63) is 72.1 Å². The lowest BCUT2D eigenvalue weighted by molar-refractivity contribution is -0.198. The molecule has 6 rings (SSSR count). The van der Waals surface area contributed by atoms with Crippen LogP contribution in [0, 0.1) is 12.3 Å². The second kappa shape index (κ2) is 13.7. The smallest absolute Gasteiger partial charge is 0.429 e. The Labute approximate surface area is 281 Å². The van der Waals surface area contributed by atoms with Crippen LogP contribution in [-0.2, 0) is 9.53 Å². The van der Waals surface area contributed by atoms with Crippen LogP contribution in [0.1, 0.15) is 43.5 Å². The number of alkyl halides is 3. The van der Waals surface area contributed by atoms with Crippen LogP contribution in [0.3, 0.4) is 0 Å². The number of carbonyl (C=O) groups excluding carboxylic acids is 1. The Balaban J connectivity index is 1.27. The number of ether oxygens (including phenoxy) is 2. The number of aromatic nitrogens is 4. The van der Waals surface area contributed by atoms with E-state index in [0.717, 1.165) is 28.9 Å². The molecule has 2 aromatic carbocycles. The van der Waals surface area contributed by atoms with Gasteiger partial charge in [0.1, 0.15) is 11.9 Å². The molecule has 254 valence electrons. The molecule has 0 radical (unpaired) electrons. The van der Waals surface area contributed by atoms with E-state index in [-0.39, 0.29) is 40.5 Å². The summed E-state index contributed by atoms with van der Waals surface area (Å²) in [4.78, 5) is 23.7. The van der Waals surface area contributed by atoms with E-state index in [2.05, 4.69) is 20.4 Å². The van der Waals surface area contributed by atoms with E-state index in [1.54, 1.807) is 50.0 Å². The van der Waals surface area contributed by atoms with E-state index >= 15 is 0 Å². The van der Waals surface area contributed by atoms with Crippen molar-refractivity contribution in [3.8, 4) is 22.7 Å². The number of nitrogens with one attached hydrogen (secondary N) is 1. The molecule has 1 spiro atoms. The molecule has 4 aromatic rings. The van der Waals surface area contributed by atoms with Crippen LogP contribution < -0.4 is 20.7 Å². The zero-order valence-electron chi connectivity index (χ0n) is 27.0. The number of carbonyl (C=O) groups is 1. The molecule has 3 N–H and O–H groups in total. The fourth-order valence-corrected chi connectivity index (χ4v) is 6.88. The number of nitrogens with zero attached hydrogens (tertiary/aromatic N) is 5. The number of aryl methyl sites for hydroxylation is 1. The largest absolute Gasteiger partial charge is 0.465 e. The highest BCUT2D eigenvalue weighted by atomic mass is 32.2. The van der Waals surface area contributed by atoms with Crippen molar-refractivity contribution in [2.75, 3.05) is 43.1 Å². The predicted molar refractivity (Wildman–Crippen MR) is 178 cm³/mol. The average Bonchev–Trinajstić information content (AvgIpc) is 3.69. The van der Waals surface area contributed by atoms with Crippen LogP contribution in [0.25, 0.3) is 16.8 Å². The highest BCUT2D eigenvalue weighted by Crippen LogP contribution is 2.43. The van der Waals surface area contributed by atoms with Gasteiger partial charge in [-0.1, -0.05) is 24.3 Å². The fourth-order valence-electron chi connectivity index (χ4n) is 6.47. The maximum atomic E-state index is 14.9. The standard InChI is InChI=1S/C34H38F3N7O3S/c1-4-46-31(45)26-19-33(20-39-26)12-15-43(16-13-33)28-18-29(41-32(38)40-28)47-30(34(35,36)37)25-10-7-23(22-5-8-24(48-3)9-6-22)17-27(25)44-14-11-21(2)42-44/h5-11,14,17-18,26,30,39H,4,12-13,15-16,19-20H2,1-3H3,(H2,38,40,41)/t26-,30+/m0/s1. The summed E-state index contributed by atoms with van der Waals surface area (Å²) in [5.74, 6) is -0.343. The van der Waals surface area contributed by atoms with Gasteiger partial charge in [0.05, 0.1) is 18.0 Å². The molecule has 14 heteroatoms. The topological polar surface area (TPSA) is 120 Å². The van der Waals surface area contributed by atoms with Crippen LogP contribution in [0.2, 0.25) is 0 Å². The number of esters is 1. The van der Waals surface area contributed by atoms with Gasteiger partial charge < -0.3 is 25.4 Å². The number of benzene rings is 2. The monoisotopic (exact) mass is 681 g/mol. The third-order valence-corrected chi connectivity index (χ3v) is 9.77. The second-order valence-corrected chi connectivity index (χ2v) is 13.1. The average molecular weight is 682 g/mol. The lowest BCUT2D eigenvalue weighted by Crippen LogP contribution is -2.41. The van der Waals surface area contributed by atoms with Crippen LogP contribution in [0.4, 0.5) is 24.9 Å². The Morgan fingerprint density at radius 2 is 1.83 bits per heavy atom. The molecule has 2 fully saturated rings. The van der Waals surface area contributed by atoms with Crippen molar-refractivity contribution in [1.29, 1.82) is 0 Å². The minimum Gasteiger partial charge on any atom is -0.465 e. The second-order valence-electron chi connectivity index (χ2n) is 12.2. The molecule has 2 saturated heterocycles. The van der Waals surface area contributed by atoms with Crippen LogP contribution >= 0.6 is 11.8 Å². The van der Waals surface area contributed by atoms with E-state index in [1.165, 1.54) is 16.8 Å². The van der Waals surface area contributed by atoms with Crippen molar-refractivity contribution in [1.82, 2.24) is 25.1 Å². The minimum atomic E-state index is -4.80. The Morgan fingerprint density at radius 1 is 1.10 bits per heavy atom. The molecule has 0 bridgehead atoms. The van der Waals surface area contributed by atoms with Gasteiger partial charge in [-0.2, -0.15) is 28.2 Å². The normalized spacial score (nSPS) is 18.2. The molecule has 2 aliphatic heterocycles. The third kappa shape index (κ3) is 7.24. The summed E-state index contributed by atoms with van der Waals surface area (Å²) >= 11 is 1.61. The number of piperidine rings is 1. The minimum absolute atomic E-state index is 0.0718. The number of hydrogen-bond donors (Lipinski definition) is 2. The number of nitrogen functional groups attached to an aromatic ring is 1. The summed E-state index contributed by atoms with van der Waals surface area (Å²) in [5, 5.41) is 7.71. The van der Waals surface area contributed by atoms with Gasteiger partial charge in [-0.3, -0.25) is 4.79 Å². The maximum Gasteiger partial charge on any atom is 0.429 e. The van der Waals surface area contributed by atoms with E-state index < -0.39 is 12.3 Å². The molecular formula is C34H38F3N7O3S. The highest BCUT2D eigenvalue weighted by Gasteiger charge is 2.46. The number of halogens is 3. The summed E-state index contributed by atoms with van der Waals surface area (Å²) < 4.78 is 57.0. The van der Waals surface area contributed by atoms with Gasteiger partial charge >= 0.3 is 12.1 Å². The van der Waals surface area contributed by atoms with Gasteiger partial charge in [0.2, 0.25) is 17.9 Å². The molecular weight excluding hydrogens is 643 g/mol. The van der Waals surface area contributed by atoms with E-state index in [4.69, 9.17) is 15.2 Å². The van der Waals surface area contributed by atoms with E-state index in [1.807, 2.05) is 35.4 Å². The summed E-state index contributed by atoms with van der Waals surface area (Å²) in [7, 11) is 0. The van der Waals surface area contributed by atoms with Crippen LogP contribution in [-0.4, -0.2) is 70.4 Å². The first-order chi connectivity index (χ1) is 23.0. The number of hydrogen-bond acceptors (Lipinski definition) is 10. The number of thioether (sulfide) groups is 1. The van der Waals surface area contributed by atoms with Gasteiger partial charge in [0, 0.05) is 42.4 Å². The molecule has 2 aliphatic rings. The Hall–Kier alpha value is -4.30. The number of nitrogens with two attached hydrogens (primary N) is 1. The van der Waals surface area contributed by atoms with Crippen molar-refractivity contribution in [3.63, 3.8) is 0 Å². The predicted octanol–water partition coefficient (Wildman–Crippen LogP) is 6.14. The Morgan fingerprint density at radius 3 is 2.48 bits per heavy atom. The molecule has 0 saturated carbocycles. The Kier molecular flexibility index (Phi) is 9.57. The number of anilines is 2. The molecule has 48 heavy (non-hydrogen) atoms. The zero-order chi connectivity index (χ0) is 34.1. The van der Waals surface area contributed by atoms with Crippen molar-refractivity contribution in [2.24, 2.45) is 5.41 Å². The van der Waals surface area contributed by atoms with Gasteiger partial charge in [0.15, 0.2) is 0 Å². The quantitative estimate of drug-likeness (QED) is 0.158. The molecule has 10 nitrogen and oxygen atoms in total. The van der Waals surface area contributed by atoms with Gasteiger partial charge in [-0.05, 0) is 80.2 Å². The summed E-state index contributed by atoms with van der Waals surface area (Å²) in [6.07, 6.45) is -1.37. The highest BCUT2D eigenvalue weighted by molar-refractivity contribution is 7.98. The first kappa shape index (κ1) is 33.6. The van der Waals surface area contributed by atoms with Crippen LogP contribution in [0.5, 0.6) is 5.88 Å². The molecule has 0 aliphatic carbocycles. The van der Waals surface area contributed by atoms with Crippen LogP contribution in [0.15, 0.2) is 65.7 Å². The summed E-state index contributed by atoms with van der Waals surface area (Å²) in [6, 6.07) is 15.4. The van der Waals surface area contributed by atoms with Gasteiger partial charge in [-0.25, -0.2) is 4.68 Å².